The van der Waals surface area contributed by atoms with Crippen molar-refractivity contribution in [1.29, 1.82) is 0 Å². The summed E-state index contributed by atoms with van der Waals surface area (Å²) in [5.41, 5.74) is 2.50. The Balaban J connectivity index is 1.96. The lowest BCUT2D eigenvalue weighted by Gasteiger charge is -2.33. The summed E-state index contributed by atoms with van der Waals surface area (Å²) in [4.78, 5) is 25.3. The monoisotopic (exact) mass is 286 g/mol. The van der Waals surface area contributed by atoms with E-state index in [-0.39, 0.29) is 12.3 Å². The van der Waals surface area contributed by atoms with Crippen LogP contribution in [0.3, 0.4) is 0 Å². The molecule has 1 aromatic carbocycles. The molecule has 0 fully saturated rings. The first-order chi connectivity index (χ1) is 10.1. The van der Waals surface area contributed by atoms with E-state index in [0.717, 1.165) is 11.1 Å². The summed E-state index contributed by atoms with van der Waals surface area (Å²) < 4.78 is 4.96. The van der Waals surface area contributed by atoms with Crippen molar-refractivity contribution in [1.82, 2.24) is 10.1 Å². The van der Waals surface area contributed by atoms with E-state index in [0.29, 0.717) is 12.1 Å². The molecule has 0 saturated heterocycles. The predicted molar refractivity (Wildman–Crippen MR) is 72.7 cm³/mol. The first kappa shape index (κ1) is 13.4. The average Bonchev–Trinajstić information content (AvgIpc) is 2.91. The molecule has 0 spiro atoms. The molecule has 1 aliphatic heterocycles. The van der Waals surface area contributed by atoms with Crippen molar-refractivity contribution in [2.45, 2.75) is 25.9 Å². The molecule has 2 heterocycles. The van der Waals surface area contributed by atoms with Gasteiger partial charge in [-0.05, 0) is 18.1 Å². The third-order valence-electron chi connectivity index (χ3n) is 3.63. The SMILES string of the molecule is Cc1cc(C(=O)N2Cc3ccccc3C[C@@H]2C(=O)O)on1. The van der Waals surface area contributed by atoms with Crippen molar-refractivity contribution in [2.24, 2.45) is 0 Å². The van der Waals surface area contributed by atoms with Crippen molar-refractivity contribution >= 4 is 11.9 Å². The summed E-state index contributed by atoms with van der Waals surface area (Å²) >= 11 is 0. The first-order valence-electron chi connectivity index (χ1n) is 6.60. The van der Waals surface area contributed by atoms with Crippen LogP contribution in [0.15, 0.2) is 34.9 Å². The molecular formula is C15H14N2O4. The minimum atomic E-state index is -1.02. The number of rotatable bonds is 2. The number of carbonyl (C=O) groups is 2. The summed E-state index contributed by atoms with van der Waals surface area (Å²) in [7, 11) is 0. The van der Waals surface area contributed by atoms with Crippen LogP contribution in [0.1, 0.15) is 27.4 Å². The third kappa shape index (κ3) is 2.40. The summed E-state index contributed by atoms with van der Waals surface area (Å²) in [5.74, 6) is -1.40. The summed E-state index contributed by atoms with van der Waals surface area (Å²) in [6.07, 6.45) is 0.296. The molecule has 108 valence electrons. The number of fused-ring (bicyclic) bond motifs is 1. The van der Waals surface area contributed by atoms with Crippen molar-refractivity contribution < 1.29 is 19.2 Å². The molecule has 0 radical (unpaired) electrons. The molecule has 3 rings (SSSR count). The number of aromatic nitrogens is 1. The van der Waals surface area contributed by atoms with Crippen LogP contribution < -0.4 is 0 Å². The zero-order valence-corrected chi connectivity index (χ0v) is 11.4. The van der Waals surface area contributed by atoms with Crippen molar-refractivity contribution in [3.8, 4) is 0 Å². The van der Waals surface area contributed by atoms with Crippen LogP contribution in [0.25, 0.3) is 0 Å². The quantitative estimate of drug-likeness (QED) is 0.907. The van der Waals surface area contributed by atoms with Gasteiger partial charge >= 0.3 is 5.97 Å². The molecule has 1 amide bonds. The summed E-state index contributed by atoms with van der Waals surface area (Å²) in [5, 5.41) is 13.1. The number of hydrogen-bond donors (Lipinski definition) is 1. The van der Waals surface area contributed by atoms with Crippen LogP contribution in [0.4, 0.5) is 0 Å². The lowest BCUT2D eigenvalue weighted by molar-refractivity contribution is -0.142. The maximum Gasteiger partial charge on any atom is 0.326 e. The highest BCUT2D eigenvalue weighted by atomic mass is 16.5. The van der Waals surface area contributed by atoms with Gasteiger partial charge in [0.2, 0.25) is 5.76 Å². The van der Waals surface area contributed by atoms with Gasteiger partial charge in [-0.3, -0.25) is 4.79 Å². The van der Waals surface area contributed by atoms with Gasteiger partial charge in [0.25, 0.3) is 5.91 Å². The Bertz CT molecular complexity index is 707. The van der Waals surface area contributed by atoms with Crippen molar-refractivity contribution in [3.63, 3.8) is 0 Å². The lowest BCUT2D eigenvalue weighted by atomic mass is 9.94. The van der Waals surface area contributed by atoms with E-state index in [1.165, 1.54) is 11.0 Å². The predicted octanol–water partition coefficient (Wildman–Crippen LogP) is 1.63. The van der Waals surface area contributed by atoms with Crippen molar-refractivity contribution in [3.05, 3.63) is 52.9 Å². The topological polar surface area (TPSA) is 83.6 Å². The molecule has 0 aliphatic carbocycles. The van der Waals surface area contributed by atoms with Gasteiger partial charge in [-0.2, -0.15) is 0 Å². The molecule has 1 N–H and O–H groups in total. The van der Waals surface area contributed by atoms with E-state index in [9.17, 15) is 14.7 Å². The normalized spacial score (nSPS) is 17.4. The molecule has 6 nitrogen and oxygen atoms in total. The van der Waals surface area contributed by atoms with Gasteiger partial charge in [-0.1, -0.05) is 29.4 Å². The Labute approximate surface area is 121 Å². The zero-order chi connectivity index (χ0) is 15.0. The zero-order valence-electron chi connectivity index (χ0n) is 11.4. The number of carboxylic acids is 1. The minimum absolute atomic E-state index is 0.0677. The molecule has 1 aliphatic rings. The van der Waals surface area contributed by atoms with Gasteiger partial charge in [-0.25, -0.2) is 4.79 Å². The first-order valence-corrected chi connectivity index (χ1v) is 6.60. The van der Waals surface area contributed by atoms with Crippen molar-refractivity contribution in [2.75, 3.05) is 0 Å². The van der Waals surface area contributed by atoms with Crippen LogP contribution >= 0.6 is 0 Å². The van der Waals surface area contributed by atoms with Crippen LogP contribution in [0, 0.1) is 6.92 Å². The van der Waals surface area contributed by atoms with Crippen LogP contribution in [0.5, 0.6) is 0 Å². The van der Waals surface area contributed by atoms with E-state index < -0.39 is 17.9 Å². The van der Waals surface area contributed by atoms with E-state index in [4.69, 9.17) is 4.52 Å². The Morgan fingerprint density at radius 2 is 2.05 bits per heavy atom. The number of nitrogens with zero attached hydrogens (tertiary/aromatic N) is 2. The fourth-order valence-electron chi connectivity index (χ4n) is 2.56. The summed E-state index contributed by atoms with van der Waals surface area (Å²) in [6.45, 7) is 1.96. The average molecular weight is 286 g/mol. The van der Waals surface area contributed by atoms with E-state index in [2.05, 4.69) is 5.16 Å². The van der Waals surface area contributed by atoms with Crippen LogP contribution in [0.2, 0.25) is 0 Å². The third-order valence-corrected chi connectivity index (χ3v) is 3.63. The molecule has 21 heavy (non-hydrogen) atoms. The fraction of sp³-hybridized carbons (Fsp3) is 0.267. The molecular weight excluding hydrogens is 272 g/mol. The highest BCUT2D eigenvalue weighted by molar-refractivity contribution is 5.94. The van der Waals surface area contributed by atoms with Gasteiger partial charge in [0, 0.05) is 19.0 Å². The Morgan fingerprint density at radius 1 is 1.33 bits per heavy atom. The molecule has 0 bridgehead atoms. The molecule has 1 atom stereocenters. The van der Waals surface area contributed by atoms with E-state index in [1.807, 2.05) is 24.3 Å². The maximum absolute atomic E-state index is 12.5. The standard InChI is InChI=1S/C15H14N2O4/c1-9-6-13(21-16-9)14(18)17-8-11-5-3-2-4-10(11)7-12(17)15(19)20/h2-6,12H,7-8H2,1H3,(H,19,20)/t12-/m1/s1. The Kier molecular flexibility index (Phi) is 3.21. The number of benzene rings is 1. The number of carbonyl (C=O) groups excluding carboxylic acids is 1. The lowest BCUT2D eigenvalue weighted by Crippen LogP contribution is -2.48. The summed E-state index contributed by atoms with van der Waals surface area (Å²) in [6, 6.07) is 8.17. The molecule has 0 unspecified atom stereocenters. The van der Waals surface area contributed by atoms with E-state index >= 15 is 0 Å². The number of aryl methyl sites for hydroxylation is 1. The molecule has 2 aromatic rings. The number of carboxylic acid groups (broad SMARTS) is 1. The number of amides is 1. The second-order valence-corrected chi connectivity index (χ2v) is 5.09. The maximum atomic E-state index is 12.5. The highest BCUT2D eigenvalue weighted by Crippen LogP contribution is 2.25. The Hall–Kier alpha value is -2.63. The van der Waals surface area contributed by atoms with Gasteiger partial charge in [0.05, 0.1) is 5.69 Å². The Morgan fingerprint density at radius 3 is 2.67 bits per heavy atom. The highest BCUT2D eigenvalue weighted by Gasteiger charge is 2.36. The number of aliphatic carboxylic acids is 1. The molecule has 1 aromatic heterocycles. The largest absolute Gasteiger partial charge is 0.480 e. The van der Waals surface area contributed by atoms with Gasteiger partial charge < -0.3 is 14.5 Å². The van der Waals surface area contributed by atoms with E-state index in [1.54, 1.807) is 6.92 Å². The van der Waals surface area contributed by atoms with Crippen LogP contribution in [-0.2, 0) is 17.8 Å². The second-order valence-electron chi connectivity index (χ2n) is 5.09. The minimum Gasteiger partial charge on any atom is -0.480 e. The molecule has 0 saturated carbocycles. The smallest absolute Gasteiger partial charge is 0.326 e. The van der Waals surface area contributed by atoms with Gasteiger partial charge in [0.15, 0.2) is 0 Å². The van der Waals surface area contributed by atoms with Gasteiger partial charge in [-0.15, -0.1) is 0 Å². The number of hydrogen-bond acceptors (Lipinski definition) is 4. The second kappa shape index (κ2) is 5.05. The fourth-order valence-corrected chi connectivity index (χ4v) is 2.56. The van der Waals surface area contributed by atoms with Gasteiger partial charge in [0.1, 0.15) is 6.04 Å². The molecule has 6 heteroatoms. The van der Waals surface area contributed by atoms with Crippen LogP contribution in [-0.4, -0.2) is 33.1 Å².